The van der Waals surface area contributed by atoms with Crippen molar-refractivity contribution in [1.82, 2.24) is 10.2 Å². The number of nitrogens with zero attached hydrogens (tertiary/aromatic N) is 1. The second kappa shape index (κ2) is 6.74. The van der Waals surface area contributed by atoms with E-state index in [1.807, 2.05) is 0 Å². The summed E-state index contributed by atoms with van der Waals surface area (Å²) in [7, 11) is 0. The monoisotopic (exact) mass is 266 g/mol. The predicted molar refractivity (Wildman–Crippen MR) is 78.9 cm³/mol. The molecule has 1 heterocycles. The Bertz CT molecular complexity index is 299. The summed E-state index contributed by atoms with van der Waals surface area (Å²) in [5.74, 6) is 2.34. The van der Waals surface area contributed by atoms with Gasteiger partial charge in [-0.25, -0.2) is 0 Å². The largest absolute Gasteiger partial charge is 0.341 e. The highest BCUT2D eigenvalue weighted by Crippen LogP contribution is 2.26. The molecule has 3 heteroatoms. The van der Waals surface area contributed by atoms with Gasteiger partial charge in [0.2, 0.25) is 5.91 Å². The van der Waals surface area contributed by atoms with Crippen LogP contribution in [0.3, 0.4) is 0 Å². The second-order valence-corrected chi connectivity index (χ2v) is 7.14. The summed E-state index contributed by atoms with van der Waals surface area (Å²) in [5.41, 5.74) is 0. The molecular formula is C16H30N2O. The van der Waals surface area contributed by atoms with Crippen LogP contribution < -0.4 is 5.32 Å². The molecule has 0 aromatic rings. The summed E-state index contributed by atoms with van der Waals surface area (Å²) in [4.78, 5) is 14.3. The Labute approximate surface area is 118 Å². The molecule has 1 saturated carbocycles. The molecule has 1 saturated heterocycles. The highest BCUT2D eigenvalue weighted by atomic mass is 16.2. The zero-order chi connectivity index (χ0) is 13.8. The molecule has 0 bridgehead atoms. The van der Waals surface area contributed by atoms with Gasteiger partial charge in [-0.2, -0.15) is 0 Å². The van der Waals surface area contributed by atoms with E-state index >= 15 is 0 Å². The van der Waals surface area contributed by atoms with Crippen molar-refractivity contribution in [3.8, 4) is 0 Å². The first-order chi connectivity index (χ1) is 9.04. The Morgan fingerprint density at radius 1 is 1.32 bits per heavy atom. The lowest BCUT2D eigenvalue weighted by atomic mass is 9.85. The summed E-state index contributed by atoms with van der Waals surface area (Å²) in [5, 5.41) is 3.70. The van der Waals surface area contributed by atoms with Crippen molar-refractivity contribution in [2.24, 2.45) is 17.8 Å². The van der Waals surface area contributed by atoms with Crippen LogP contribution in [0.2, 0.25) is 0 Å². The highest BCUT2D eigenvalue weighted by molar-refractivity contribution is 5.76. The molecule has 1 N–H and O–H groups in total. The third-order valence-electron chi connectivity index (χ3n) is 4.52. The summed E-state index contributed by atoms with van der Waals surface area (Å²) < 4.78 is 0. The number of rotatable bonds is 5. The minimum Gasteiger partial charge on any atom is -0.341 e. The maximum absolute atomic E-state index is 12.2. The van der Waals surface area contributed by atoms with Crippen molar-refractivity contribution < 1.29 is 4.79 Å². The van der Waals surface area contributed by atoms with Crippen LogP contribution in [0.25, 0.3) is 0 Å². The number of hydrogen-bond acceptors (Lipinski definition) is 2. The van der Waals surface area contributed by atoms with Crippen molar-refractivity contribution in [3.63, 3.8) is 0 Å². The van der Waals surface area contributed by atoms with Gasteiger partial charge in [0.15, 0.2) is 0 Å². The van der Waals surface area contributed by atoms with Gasteiger partial charge in [0.1, 0.15) is 0 Å². The van der Waals surface area contributed by atoms with Crippen LogP contribution in [0.15, 0.2) is 0 Å². The Hall–Kier alpha value is -0.570. The van der Waals surface area contributed by atoms with E-state index in [0.717, 1.165) is 25.6 Å². The number of piperidine rings is 1. The maximum Gasteiger partial charge on any atom is 0.222 e. The molecule has 2 atom stereocenters. The van der Waals surface area contributed by atoms with E-state index < -0.39 is 0 Å². The van der Waals surface area contributed by atoms with Crippen LogP contribution in [0.5, 0.6) is 0 Å². The lowest BCUT2D eigenvalue weighted by Gasteiger charge is -2.38. The molecule has 0 aromatic carbocycles. The Balaban J connectivity index is 1.78. The summed E-state index contributed by atoms with van der Waals surface area (Å²) >= 11 is 0. The molecule has 2 aliphatic rings. The minimum absolute atomic E-state index is 0.344. The number of carbonyl (C=O) groups excluding carboxylic acids is 1. The number of likely N-dealkylation sites (tertiary alicyclic amines) is 1. The minimum atomic E-state index is 0.344. The van der Waals surface area contributed by atoms with Crippen molar-refractivity contribution >= 4 is 5.91 Å². The van der Waals surface area contributed by atoms with Crippen molar-refractivity contribution in [1.29, 1.82) is 0 Å². The quantitative estimate of drug-likeness (QED) is 0.829. The zero-order valence-electron chi connectivity index (χ0n) is 12.8. The van der Waals surface area contributed by atoms with Gasteiger partial charge in [0.05, 0.1) is 0 Å². The number of amides is 1. The number of carbonyl (C=O) groups is 1. The van der Waals surface area contributed by atoms with E-state index in [4.69, 9.17) is 0 Å². The van der Waals surface area contributed by atoms with E-state index in [9.17, 15) is 4.79 Å². The lowest BCUT2D eigenvalue weighted by molar-refractivity contribution is -0.134. The van der Waals surface area contributed by atoms with Gasteiger partial charge in [-0.3, -0.25) is 4.79 Å². The van der Waals surface area contributed by atoms with E-state index in [2.05, 4.69) is 31.0 Å². The first-order valence-corrected chi connectivity index (χ1v) is 8.05. The second-order valence-electron chi connectivity index (χ2n) is 7.14. The van der Waals surface area contributed by atoms with Gasteiger partial charge in [-0.1, -0.05) is 27.2 Å². The first kappa shape index (κ1) is 14.8. The highest BCUT2D eigenvalue weighted by Gasteiger charge is 2.28. The molecule has 0 radical (unpaired) electrons. The van der Waals surface area contributed by atoms with Gasteiger partial charge < -0.3 is 10.2 Å². The average molecular weight is 266 g/mol. The van der Waals surface area contributed by atoms with E-state index in [1.54, 1.807) is 0 Å². The van der Waals surface area contributed by atoms with Gasteiger partial charge in [0.25, 0.3) is 0 Å². The van der Waals surface area contributed by atoms with Crippen molar-refractivity contribution in [2.45, 2.75) is 58.9 Å². The van der Waals surface area contributed by atoms with Crippen molar-refractivity contribution in [2.75, 3.05) is 19.6 Å². The Morgan fingerprint density at radius 3 is 2.63 bits per heavy atom. The molecule has 2 fully saturated rings. The number of nitrogens with one attached hydrogen (secondary N) is 1. The fourth-order valence-electron chi connectivity index (χ4n) is 3.21. The molecule has 110 valence electrons. The molecule has 2 rings (SSSR count). The molecule has 3 nitrogen and oxygen atoms in total. The standard InChI is InChI=1S/C16H30N2O/c1-12(2)7-16(19)18-10-13(3)8-15(11-18)17-9-14-5-4-6-14/h12-15,17H,4-11H2,1-3H3. The zero-order valence-corrected chi connectivity index (χ0v) is 12.8. The molecule has 1 aliphatic carbocycles. The molecule has 2 unspecified atom stereocenters. The molecule has 19 heavy (non-hydrogen) atoms. The molecule has 1 aliphatic heterocycles. The van der Waals surface area contributed by atoms with E-state index in [1.165, 1.54) is 25.7 Å². The van der Waals surface area contributed by atoms with Crippen LogP contribution in [-0.2, 0) is 4.79 Å². The summed E-state index contributed by atoms with van der Waals surface area (Å²) in [6, 6.07) is 0.514. The summed E-state index contributed by atoms with van der Waals surface area (Å²) in [6.07, 6.45) is 6.11. The van der Waals surface area contributed by atoms with Gasteiger partial charge in [0, 0.05) is 25.6 Å². The van der Waals surface area contributed by atoms with Crippen molar-refractivity contribution in [3.05, 3.63) is 0 Å². The lowest BCUT2D eigenvalue weighted by Crippen LogP contribution is -2.52. The third kappa shape index (κ3) is 4.48. The normalized spacial score (nSPS) is 28.5. The maximum atomic E-state index is 12.2. The molecule has 0 aromatic heterocycles. The van der Waals surface area contributed by atoms with Gasteiger partial charge in [-0.15, -0.1) is 0 Å². The third-order valence-corrected chi connectivity index (χ3v) is 4.52. The van der Waals surface area contributed by atoms with Crippen LogP contribution in [0, 0.1) is 17.8 Å². The van der Waals surface area contributed by atoms with Crippen LogP contribution in [-0.4, -0.2) is 36.5 Å². The Morgan fingerprint density at radius 2 is 2.05 bits per heavy atom. The smallest absolute Gasteiger partial charge is 0.222 e. The number of hydrogen-bond donors (Lipinski definition) is 1. The first-order valence-electron chi connectivity index (χ1n) is 8.05. The van der Waals surface area contributed by atoms with Gasteiger partial charge in [-0.05, 0) is 43.6 Å². The molecule has 1 amide bonds. The average Bonchev–Trinajstić information content (AvgIpc) is 2.25. The van der Waals surface area contributed by atoms with E-state index in [-0.39, 0.29) is 0 Å². The van der Waals surface area contributed by atoms with Gasteiger partial charge >= 0.3 is 0 Å². The van der Waals surface area contributed by atoms with Crippen LogP contribution >= 0.6 is 0 Å². The predicted octanol–water partition coefficient (Wildman–Crippen LogP) is 2.66. The Kier molecular flexibility index (Phi) is 5.26. The van der Waals surface area contributed by atoms with Crippen LogP contribution in [0.1, 0.15) is 52.9 Å². The molecule has 0 spiro atoms. The fraction of sp³-hybridized carbons (Fsp3) is 0.938. The molecular weight excluding hydrogens is 236 g/mol. The topological polar surface area (TPSA) is 32.3 Å². The SMILES string of the molecule is CC(C)CC(=O)N1CC(C)CC(NCC2CCC2)C1. The summed E-state index contributed by atoms with van der Waals surface area (Å²) in [6.45, 7) is 9.54. The van der Waals surface area contributed by atoms with E-state index in [0.29, 0.717) is 30.2 Å². The van der Waals surface area contributed by atoms with Crippen LogP contribution in [0.4, 0.5) is 0 Å². The fourth-order valence-corrected chi connectivity index (χ4v) is 3.21.